The Morgan fingerprint density at radius 2 is 2.19 bits per heavy atom. The van der Waals surface area contributed by atoms with Crippen LogP contribution in [-0.4, -0.2) is 22.8 Å². The van der Waals surface area contributed by atoms with Crippen LogP contribution in [0.25, 0.3) is 12.7 Å². The van der Waals surface area contributed by atoms with Gasteiger partial charge in [0, 0.05) is 30.2 Å². The van der Waals surface area contributed by atoms with Gasteiger partial charge in [-0.25, -0.2) is 0 Å². The Morgan fingerprint density at radius 1 is 1.37 bits per heavy atom. The number of aromatic nitrogens is 1. The number of carbonyl (C=O) groups is 1. The molecule has 6 heteroatoms. The van der Waals surface area contributed by atoms with Gasteiger partial charge < -0.3 is 9.88 Å². The van der Waals surface area contributed by atoms with Crippen LogP contribution >= 0.6 is 35.3 Å². The van der Waals surface area contributed by atoms with E-state index < -0.39 is 0 Å². The first-order chi connectivity index (χ1) is 13.1. The van der Waals surface area contributed by atoms with E-state index in [9.17, 15) is 4.79 Å². The summed E-state index contributed by atoms with van der Waals surface area (Å²) in [5.41, 5.74) is 0. The molecule has 1 aliphatic heterocycles. The van der Waals surface area contributed by atoms with Crippen molar-refractivity contribution in [1.29, 1.82) is 0 Å². The Labute approximate surface area is 175 Å². The van der Waals surface area contributed by atoms with Gasteiger partial charge in [-0.2, -0.15) is 0 Å². The largest absolute Gasteiger partial charge is 0.356 e. The molecule has 2 heterocycles. The standard InChI is InChI=1S/C21H30N2OS3/c1-16-19(15-18-10-6-14-26-18)27-21(25)23(16)13-11-20(24)22-12-5-9-17-7-3-2-4-8-17/h10,15,17H,1-9,11-14H2,(H,22,24)/b19-15-. The van der Waals surface area contributed by atoms with Gasteiger partial charge in [0.25, 0.3) is 0 Å². The number of nitrogens with zero attached hydrogens (tertiary/aromatic N) is 1. The maximum atomic E-state index is 12.2. The van der Waals surface area contributed by atoms with E-state index in [0.29, 0.717) is 13.0 Å². The molecule has 1 saturated carbocycles. The summed E-state index contributed by atoms with van der Waals surface area (Å²) in [6, 6.07) is 0. The Bertz CT molecular complexity index is 831. The van der Waals surface area contributed by atoms with Crippen molar-refractivity contribution >= 4 is 53.9 Å². The van der Waals surface area contributed by atoms with Gasteiger partial charge in [0.15, 0.2) is 3.95 Å². The highest BCUT2D eigenvalue weighted by atomic mass is 32.2. The molecule has 1 aromatic heterocycles. The monoisotopic (exact) mass is 422 g/mol. The van der Waals surface area contributed by atoms with E-state index in [1.807, 2.05) is 16.3 Å². The highest BCUT2D eigenvalue weighted by molar-refractivity contribution is 8.03. The number of carbonyl (C=O) groups excluding carboxylic acids is 1. The van der Waals surface area contributed by atoms with Gasteiger partial charge in [-0.05, 0) is 43.5 Å². The van der Waals surface area contributed by atoms with Crippen LogP contribution in [0.2, 0.25) is 0 Å². The van der Waals surface area contributed by atoms with E-state index >= 15 is 0 Å². The first-order valence-corrected chi connectivity index (χ1v) is 12.3. The second kappa shape index (κ2) is 10.6. The fourth-order valence-electron chi connectivity index (χ4n) is 3.85. The van der Waals surface area contributed by atoms with Crippen LogP contribution in [-0.2, 0) is 11.3 Å². The molecule has 148 valence electrons. The fourth-order valence-corrected chi connectivity index (χ4v) is 6.22. The van der Waals surface area contributed by atoms with Gasteiger partial charge in [-0.15, -0.1) is 23.1 Å². The van der Waals surface area contributed by atoms with Crippen molar-refractivity contribution in [3.63, 3.8) is 0 Å². The van der Waals surface area contributed by atoms with E-state index in [1.54, 1.807) is 11.3 Å². The number of thioether (sulfide) groups is 1. The normalized spacial score (nSPS) is 18.7. The summed E-state index contributed by atoms with van der Waals surface area (Å²) >= 11 is 8.96. The predicted octanol–water partition coefficient (Wildman–Crippen LogP) is 4.36. The molecule has 1 aliphatic carbocycles. The lowest BCUT2D eigenvalue weighted by Gasteiger charge is -2.21. The summed E-state index contributed by atoms with van der Waals surface area (Å²) in [4.78, 5) is 13.5. The number of hydrogen-bond acceptors (Lipinski definition) is 4. The molecule has 0 aromatic carbocycles. The van der Waals surface area contributed by atoms with Crippen LogP contribution in [0.1, 0.15) is 57.8 Å². The molecule has 0 bridgehead atoms. The molecule has 1 fully saturated rings. The Kier molecular flexibility index (Phi) is 8.22. The van der Waals surface area contributed by atoms with Gasteiger partial charge in [-0.3, -0.25) is 4.79 Å². The number of allylic oxidation sites excluding steroid dienone is 2. The van der Waals surface area contributed by atoms with Crippen molar-refractivity contribution in [3.05, 3.63) is 24.8 Å². The zero-order valence-electron chi connectivity index (χ0n) is 16.0. The van der Waals surface area contributed by atoms with E-state index in [0.717, 1.165) is 44.9 Å². The molecule has 27 heavy (non-hydrogen) atoms. The van der Waals surface area contributed by atoms with E-state index in [4.69, 9.17) is 12.2 Å². The van der Waals surface area contributed by atoms with Gasteiger partial charge in [0.1, 0.15) is 0 Å². The topological polar surface area (TPSA) is 34.0 Å². The average Bonchev–Trinajstić information content (AvgIpc) is 3.27. The zero-order chi connectivity index (χ0) is 19.1. The van der Waals surface area contributed by atoms with Crippen molar-refractivity contribution in [2.45, 2.75) is 64.3 Å². The lowest BCUT2D eigenvalue weighted by molar-refractivity contribution is -0.121. The summed E-state index contributed by atoms with van der Waals surface area (Å²) in [7, 11) is 0. The molecule has 0 saturated heterocycles. The van der Waals surface area contributed by atoms with E-state index in [-0.39, 0.29) is 5.91 Å². The first-order valence-electron chi connectivity index (χ1n) is 10.1. The van der Waals surface area contributed by atoms with Gasteiger partial charge >= 0.3 is 0 Å². The lowest BCUT2D eigenvalue weighted by atomic mass is 9.86. The summed E-state index contributed by atoms with van der Waals surface area (Å²) in [6.45, 7) is 5.61. The molecule has 3 rings (SSSR count). The predicted molar refractivity (Wildman–Crippen MR) is 121 cm³/mol. The average molecular weight is 423 g/mol. The maximum Gasteiger partial charge on any atom is 0.221 e. The number of hydrogen-bond donors (Lipinski definition) is 1. The molecular weight excluding hydrogens is 392 g/mol. The molecule has 0 atom stereocenters. The molecular formula is C21H30N2OS3. The molecule has 1 N–H and O–H groups in total. The van der Waals surface area contributed by atoms with Crippen molar-refractivity contribution in [2.24, 2.45) is 5.92 Å². The zero-order valence-corrected chi connectivity index (χ0v) is 18.5. The Morgan fingerprint density at radius 3 is 2.93 bits per heavy atom. The maximum absolute atomic E-state index is 12.2. The molecule has 0 radical (unpaired) electrons. The quantitative estimate of drug-likeness (QED) is 0.499. The smallest absolute Gasteiger partial charge is 0.221 e. The third-order valence-electron chi connectivity index (χ3n) is 5.43. The molecule has 3 nitrogen and oxygen atoms in total. The van der Waals surface area contributed by atoms with Crippen LogP contribution in [0.15, 0.2) is 11.0 Å². The van der Waals surface area contributed by atoms with Crippen LogP contribution in [0.5, 0.6) is 0 Å². The molecule has 1 amide bonds. The fraction of sp³-hybridized carbons (Fsp3) is 0.619. The minimum atomic E-state index is 0.116. The second-order valence-corrected chi connectivity index (χ2v) is 10.3. The van der Waals surface area contributed by atoms with Crippen molar-refractivity contribution in [2.75, 3.05) is 12.3 Å². The summed E-state index contributed by atoms with van der Waals surface area (Å²) in [5.74, 6) is 2.16. The third-order valence-corrected chi connectivity index (χ3v) is 7.93. The molecule has 2 aliphatic rings. The van der Waals surface area contributed by atoms with E-state index in [2.05, 4.69) is 24.0 Å². The van der Waals surface area contributed by atoms with Crippen LogP contribution in [0.3, 0.4) is 0 Å². The van der Waals surface area contributed by atoms with Crippen molar-refractivity contribution in [3.8, 4) is 0 Å². The summed E-state index contributed by atoms with van der Waals surface area (Å²) in [6.07, 6.45) is 15.3. The minimum absolute atomic E-state index is 0.116. The number of thiazole rings is 1. The molecule has 0 unspecified atom stereocenters. The van der Waals surface area contributed by atoms with Crippen LogP contribution < -0.4 is 15.2 Å². The highest BCUT2D eigenvalue weighted by Gasteiger charge is 2.13. The number of nitrogens with one attached hydrogen (secondary N) is 1. The third kappa shape index (κ3) is 6.33. The van der Waals surface area contributed by atoms with Crippen LogP contribution in [0.4, 0.5) is 0 Å². The molecule has 1 aromatic rings. The highest BCUT2D eigenvalue weighted by Crippen LogP contribution is 2.27. The second-order valence-electron chi connectivity index (χ2n) is 7.46. The van der Waals surface area contributed by atoms with Gasteiger partial charge in [0.2, 0.25) is 5.91 Å². The lowest BCUT2D eigenvalue weighted by Crippen LogP contribution is -2.30. The SMILES string of the molecule is C=c1/c(=C/C2=CCCS2)sc(=S)n1CCC(=O)NCCCC1CCCCC1. The molecule has 0 spiro atoms. The van der Waals surface area contributed by atoms with Crippen molar-refractivity contribution < 1.29 is 4.79 Å². The van der Waals surface area contributed by atoms with Crippen LogP contribution in [0, 0.1) is 9.87 Å². The number of amides is 1. The van der Waals surface area contributed by atoms with Gasteiger partial charge in [-0.1, -0.05) is 44.8 Å². The summed E-state index contributed by atoms with van der Waals surface area (Å²) < 4.78 is 3.93. The van der Waals surface area contributed by atoms with Crippen molar-refractivity contribution in [1.82, 2.24) is 9.88 Å². The van der Waals surface area contributed by atoms with Gasteiger partial charge in [0.05, 0.1) is 9.88 Å². The Hall–Kier alpha value is -0.850. The first kappa shape index (κ1) is 20.9. The number of rotatable bonds is 8. The van der Waals surface area contributed by atoms with E-state index in [1.165, 1.54) is 43.4 Å². The summed E-state index contributed by atoms with van der Waals surface area (Å²) in [5, 5.41) is 4.01. The minimum Gasteiger partial charge on any atom is -0.356 e. The Balaban J connectivity index is 1.44.